The first kappa shape index (κ1) is 22.4. The van der Waals surface area contributed by atoms with E-state index in [0.717, 1.165) is 11.1 Å². The number of allylic oxidation sites excluding steroid dienone is 6. The van der Waals surface area contributed by atoms with Crippen LogP contribution in [0.2, 0.25) is 15.1 Å². The Labute approximate surface area is 169 Å². The Morgan fingerprint density at radius 3 is 2.42 bits per heavy atom. The second kappa shape index (κ2) is 11.1. The molecule has 1 aromatic rings. The highest BCUT2D eigenvalue weighted by atomic mass is 35.5. The van der Waals surface area contributed by atoms with Gasteiger partial charge in [-0.3, -0.25) is 0 Å². The van der Waals surface area contributed by atoms with E-state index in [4.69, 9.17) is 44.3 Å². The van der Waals surface area contributed by atoms with Gasteiger partial charge in [-0.25, -0.2) is 4.79 Å². The minimum absolute atomic E-state index is 0.319. The van der Waals surface area contributed by atoms with Crippen molar-refractivity contribution in [1.29, 1.82) is 0 Å². The molecule has 0 aliphatic carbocycles. The van der Waals surface area contributed by atoms with E-state index in [1.54, 1.807) is 19.1 Å². The van der Waals surface area contributed by atoms with Gasteiger partial charge in [-0.1, -0.05) is 70.8 Å². The van der Waals surface area contributed by atoms with Crippen LogP contribution in [0.1, 0.15) is 26.3 Å². The van der Waals surface area contributed by atoms with E-state index in [1.807, 2.05) is 38.2 Å². The Morgan fingerprint density at radius 2 is 1.81 bits per heavy atom. The molecule has 1 rings (SSSR count). The van der Waals surface area contributed by atoms with Crippen molar-refractivity contribution in [2.75, 3.05) is 13.7 Å². The molecule has 0 spiro atoms. The standard InChI is InChI=1S/C20H21Cl3O3/c1-5-26-18(24)11-14(3)8-6-7-13(2)9-10-15-16(21)12-17(25-4)20(23)19(15)22/h6-12H,5H2,1-4H3. The molecular weight excluding hydrogens is 395 g/mol. The van der Waals surface area contributed by atoms with Crippen LogP contribution in [0.15, 0.2) is 47.6 Å². The maximum absolute atomic E-state index is 11.3. The Bertz CT molecular complexity index is 775. The zero-order chi connectivity index (χ0) is 19.7. The van der Waals surface area contributed by atoms with Crippen LogP contribution < -0.4 is 4.74 Å². The zero-order valence-corrected chi connectivity index (χ0v) is 17.4. The number of benzene rings is 1. The lowest BCUT2D eigenvalue weighted by molar-refractivity contribution is -0.137. The third-order valence-corrected chi connectivity index (χ3v) is 4.42. The van der Waals surface area contributed by atoms with Crippen LogP contribution in [-0.2, 0) is 9.53 Å². The largest absolute Gasteiger partial charge is 0.495 e. The van der Waals surface area contributed by atoms with E-state index in [2.05, 4.69) is 0 Å². The normalized spacial score (nSPS) is 12.9. The van der Waals surface area contributed by atoms with Gasteiger partial charge in [0.15, 0.2) is 0 Å². The summed E-state index contributed by atoms with van der Waals surface area (Å²) in [7, 11) is 1.50. The number of halogens is 3. The quantitative estimate of drug-likeness (QED) is 0.216. The number of carbonyl (C=O) groups is 1. The Kier molecular flexibility index (Phi) is 9.57. The Balaban J connectivity index is 2.89. The molecule has 0 heterocycles. The van der Waals surface area contributed by atoms with E-state index in [-0.39, 0.29) is 5.97 Å². The SMILES string of the molecule is CCOC(=O)C=C(C)C=CC=C(C)C=Cc1c(Cl)cc(OC)c(Cl)c1Cl. The molecular formula is C20H21Cl3O3. The highest BCUT2D eigenvalue weighted by Crippen LogP contribution is 2.39. The minimum atomic E-state index is -0.351. The smallest absolute Gasteiger partial charge is 0.330 e. The van der Waals surface area contributed by atoms with Crippen molar-refractivity contribution < 1.29 is 14.3 Å². The first-order valence-electron chi connectivity index (χ1n) is 7.89. The van der Waals surface area contributed by atoms with Crippen molar-refractivity contribution in [2.24, 2.45) is 0 Å². The first-order valence-corrected chi connectivity index (χ1v) is 9.03. The maximum atomic E-state index is 11.3. The molecule has 0 saturated carbocycles. The third-order valence-electron chi connectivity index (χ3n) is 3.24. The van der Waals surface area contributed by atoms with Gasteiger partial charge in [0.1, 0.15) is 10.8 Å². The second-order valence-electron chi connectivity index (χ2n) is 5.35. The number of ether oxygens (including phenoxy) is 2. The number of methoxy groups -OCH3 is 1. The zero-order valence-electron chi connectivity index (χ0n) is 15.1. The molecule has 0 saturated heterocycles. The van der Waals surface area contributed by atoms with E-state index >= 15 is 0 Å². The predicted octanol–water partition coefficient (Wildman–Crippen LogP) is 6.68. The minimum Gasteiger partial charge on any atom is -0.495 e. The van der Waals surface area contributed by atoms with Gasteiger partial charge >= 0.3 is 5.97 Å². The average Bonchev–Trinajstić information content (AvgIpc) is 2.58. The molecule has 0 aliphatic heterocycles. The molecule has 0 amide bonds. The highest BCUT2D eigenvalue weighted by Gasteiger charge is 2.13. The molecule has 0 unspecified atom stereocenters. The van der Waals surface area contributed by atoms with Crippen LogP contribution in [-0.4, -0.2) is 19.7 Å². The van der Waals surface area contributed by atoms with Crippen molar-refractivity contribution in [3.8, 4) is 5.75 Å². The lowest BCUT2D eigenvalue weighted by Gasteiger charge is -2.09. The topological polar surface area (TPSA) is 35.5 Å². The number of rotatable bonds is 7. The molecule has 6 heteroatoms. The van der Waals surface area contributed by atoms with E-state index in [9.17, 15) is 4.79 Å². The summed E-state index contributed by atoms with van der Waals surface area (Å²) in [6.07, 6.45) is 10.7. The fourth-order valence-corrected chi connectivity index (χ4v) is 2.73. The molecule has 0 bridgehead atoms. The van der Waals surface area contributed by atoms with Crippen molar-refractivity contribution >= 4 is 46.8 Å². The Hall–Kier alpha value is -1.68. The summed E-state index contributed by atoms with van der Waals surface area (Å²) in [6.45, 7) is 5.88. The van der Waals surface area contributed by atoms with Gasteiger partial charge in [-0.05, 0) is 26.3 Å². The van der Waals surface area contributed by atoms with Crippen molar-refractivity contribution in [3.63, 3.8) is 0 Å². The number of esters is 1. The summed E-state index contributed by atoms with van der Waals surface area (Å²) < 4.78 is 9.98. The summed E-state index contributed by atoms with van der Waals surface area (Å²) in [4.78, 5) is 11.3. The highest BCUT2D eigenvalue weighted by molar-refractivity contribution is 6.45. The number of hydrogen-bond donors (Lipinski definition) is 0. The number of carbonyl (C=O) groups excluding carboxylic acids is 1. The molecule has 140 valence electrons. The molecule has 0 aromatic heterocycles. The molecule has 3 nitrogen and oxygen atoms in total. The van der Waals surface area contributed by atoms with E-state index in [1.165, 1.54) is 13.2 Å². The number of hydrogen-bond acceptors (Lipinski definition) is 3. The van der Waals surface area contributed by atoms with Crippen LogP contribution in [0.4, 0.5) is 0 Å². The lowest BCUT2D eigenvalue weighted by Crippen LogP contribution is -1.99. The molecule has 0 radical (unpaired) electrons. The van der Waals surface area contributed by atoms with Crippen LogP contribution in [0, 0.1) is 0 Å². The maximum Gasteiger partial charge on any atom is 0.330 e. The molecule has 1 aromatic carbocycles. The van der Waals surface area contributed by atoms with E-state index in [0.29, 0.717) is 33.0 Å². The molecule has 0 N–H and O–H groups in total. The van der Waals surface area contributed by atoms with Crippen LogP contribution in [0.25, 0.3) is 6.08 Å². The van der Waals surface area contributed by atoms with Crippen molar-refractivity contribution in [2.45, 2.75) is 20.8 Å². The van der Waals surface area contributed by atoms with Gasteiger partial charge < -0.3 is 9.47 Å². The molecule has 0 fully saturated rings. The Morgan fingerprint density at radius 1 is 1.12 bits per heavy atom. The second-order valence-corrected chi connectivity index (χ2v) is 6.51. The van der Waals surface area contributed by atoms with Gasteiger partial charge in [0.25, 0.3) is 0 Å². The van der Waals surface area contributed by atoms with Crippen molar-refractivity contribution in [1.82, 2.24) is 0 Å². The lowest BCUT2D eigenvalue weighted by atomic mass is 10.1. The van der Waals surface area contributed by atoms with Gasteiger partial charge in [0.05, 0.1) is 23.8 Å². The fraction of sp³-hybridized carbons (Fsp3) is 0.250. The fourth-order valence-electron chi connectivity index (χ4n) is 1.93. The summed E-state index contributed by atoms with van der Waals surface area (Å²) in [5.41, 5.74) is 2.38. The van der Waals surface area contributed by atoms with Gasteiger partial charge in [0, 0.05) is 17.7 Å². The summed E-state index contributed by atoms with van der Waals surface area (Å²) in [6, 6.07) is 1.62. The predicted molar refractivity (Wildman–Crippen MR) is 110 cm³/mol. The average molecular weight is 416 g/mol. The third kappa shape index (κ3) is 6.91. The van der Waals surface area contributed by atoms with Crippen LogP contribution >= 0.6 is 34.8 Å². The van der Waals surface area contributed by atoms with Crippen molar-refractivity contribution in [3.05, 3.63) is 68.2 Å². The van der Waals surface area contributed by atoms with Crippen LogP contribution in [0.5, 0.6) is 5.75 Å². The van der Waals surface area contributed by atoms with Crippen LogP contribution in [0.3, 0.4) is 0 Å². The molecule has 0 atom stereocenters. The first-order chi connectivity index (χ1) is 12.3. The van der Waals surface area contributed by atoms with Gasteiger partial charge in [-0.15, -0.1) is 0 Å². The monoisotopic (exact) mass is 414 g/mol. The summed E-state index contributed by atoms with van der Waals surface area (Å²) >= 11 is 18.6. The van der Waals surface area contributed by atoms with Gasteiger partial charge in [-0.2, -0.15) is 0 Å². The summed E-state index contributed by atoms with van der Waals surface area (Å²) in [5, 5.41) is 1.10. The summed E-state index contributed by atoms with van der Waals surface area (Å²) in [5.74, 6) is 0.0776. The van der Waals surface area contributed by atoms with E-state index < -0.39 is 0 Å². The molecule has 26 heavy (non-hydrogen) atoms. The molecule has 0 aliphatic rings. The van der Waals surface area contributed by atoms with Gasteiger partial charge in [0.2, 0.25) is 0 Å².